The molecule has 0 bridgehead atoms. The molecule has 0 saturated heterocycles. The topological polar surface area (TPSA) is 81.2 Å². The van der Waals surface area contributed by atoms with Gasteiger partial charge in [-0.2, -0.15) is 0 Å². The number of amides is 1. The van der Waals surface area contributed by atoms with Crippen molar-refractivity contribution in [3.05, 3.63) is 41.6 Å². The maximum absolute atomic E-state index is 11.7. The highest BCUT2D eigenvalue weighted by Gasteiger charge is 2.08. The number of nitrogens with one attached hydrogen (secondary N) is 1. The normalized spacial score (nSPS) is 10.2. The van der Waals surface area contributed by atoms with E-state index in [1.807, 2.05) is 18.2 Å². The van der Waals surface area contributed by atoms with Crippen LogP contribution >= 0.6 is 0 Å². The van der Waals surface area contributed by atoms with E-state index in [0.29, 0.717) is 11.6 Å². The van der Waals surface area contributed by atoms with Crippen LogP contribution in [0.1, 0.15) is 11.3 Å². The van der Waals surface area contributed by atoms with Crippen molar-refractivity contribution in [2.45, 2.75) is 13.3 Å². The lowest BCUT2D eigenvalue weighted by atomic mass is 10.1. The number of nitrogen functional groups attached to an aromatic ring is 1. The molecule has 1 heterocycles. The summed E-state index contributed by atoms with van der Waals surface area (Å²) in [5, 5.41) is 6.29. The van der Waals surface area contributed by atoms with Crippen molar-refractivity contribution in [2.75, 3.05) is 11.1 Å². The molecule has 0 radical (unpaired) electrons. The minimum atomic E-state index is -0.181. The molecule has 2 aromatic rings. The fraction of sp³-hybridized carbons (Fsp3) is 0.167. The second-order valence-electron chi connectivity index (χ2n) is 3.76. The lowest BCUT2D eigenvalue weighted by Crippen LogP contribution is -2.14. The number of aromatic nitrogens is 1. The van der Waals surface area contributed by atoms with E-state index in [4.69, 9.17) is 10.3 Å². The molecule has 1 amide bonds. The Labute approximate surface area is 98.6 Å². The molecule has 0 aliphatic carbocycles. The van der Waals surface area contributed by atoms with Gasteiger partial charge in [0, 0.05) is 11.8 Å². The highest BCUT2D eigenvalue weighted by Crippen LogP contribution is 2.13. The highest BCUT2D eigenvalue weighted by atomic mass is 16.5. The average molecular weight is 231 g/mol. The fourth-order valence-corrected chi connectivity index (χ4v) is 1.47. The van der Waals surface area contributed by atoms with Gasteiger partial charge in [-0.15, -0.1) is 0 Å². The summed E-state index contributed by atoms with van der Waals surface area (Å²) in [4.78, 5) is 11.7. The molecule has 1 aromatic heterocycles. The summed E-state index contributed by atoms with van der Waals surface area (Å²) in [7, 11) is 0. The van der Waals surface area contributed by atoms with Gasteiger partial charge in [0.1, 0.15) is 0 Å². The van der Waals surface area contributed by atoms with Crippen LogP contribution in [-0.4, -0.2) is 11.1 Å². The third-order valence-corrected chi connectivity index (χ3v) is 2.30. The van der Waals surface area contributed by atoms with E-state index < -0.39 is 0 Å². The van der Waals surface area contributed by atoms with E-state index in [1.54, 1.807) is 19.1 Å². The monoisotopic (exact) mass is 231 g/mol. The lowest BCUT2D eigenvalue weighted by Gasteiger charge is -2.04. The number of nitrogens with two attached hydrogens (primary N) is 1. The first kappa shape index (κ1) is 11.2. The van der Waals surface area contributed by atoms with Gasteiger partial charge in [-0.1, -0.05) is 23.4 Å². The number of hydrogen-bond donors (Lipinski definition) is 2. The number of carbonyl (C=O) groups excluding carboxylic acids is 1. The number of hydrogen-bond acceptors (Lipinski definition) is 4. The molecule has 0 saturated carbocycles. The van der Waals surface area contributed by atoms with Crippen molar-refractivity contribution >= 4 is 17.5 Å². The molecule has 88 valence electrons. The van der Waals surface area contributed by atoms with E-state index in [0.717, 1.165) is 11.3 Å². The number of carbonyl (C=O) groups is 1. The van der Waals surface area contributed by atoms with Crippen LogP contribution in [0.3, 0.4) is 0 Å². The predicted molar refractivity (Wildman–Crippen MR) is 64.4 cm³/mol. The van der Waals surface area contributed by atoms with Gasteiger partial charge >= 0.3 is 0 Å². The van der Waals surface area contributed by atoms with Crippen LogP contribution in [0, 0.1) is 6.92 Å². The second-order valence-corrected chi connectivity index (χ2v) is 3.76. The smallest absolute Gasteiger partial charge is 0.231 e. The van der Waals surface area contributed by atoms with E-state index >= 15 is 0 Å². The summed E-state index contributed by atoms with van der Waals surface area (Å²) < 4.78 is 4.89. The Morgan fingerprint density at radius 3 is 2.88 bits per heavy atom. The van der Waals surface area contributed by atoms with Gasteiger partial charge in [-0.25, -0.2) is 0 Å². The van der Waals surface area contributed by atoms with Crippen molar-refractivity contribution in [1.82, 2.24) is 5.16 Å². The lowest BCUT2D eigenvalue weighted by molar-refractivity contribution is -0.115. The number of nitrogens with zero attached hydrogens (tertiary/aromatic N) is 1. The Balaban J connectivity index is 2.01. The maximum Gasteiger partial charge on any atom is 0.231 e. The van der Waals surface area contributed by atoms with Crippen molar-refractivity contribution in [2.24, 2.45) is 0 Å². The van der Waals surface area contributed by atoms with Crippen LogP contribution in [-0.2, 0) is 11.2 Å². The summed E-state index contributed by atoms with van der Waals surface area (Å²) in [5.41, 5.74) is 7.87. The van der Waals surface area contributed by atoms with Crippen LogP contribution in [0.2, 0.25) is 0 Å². The second kappa shape index (κ2) is 4.69. The zero-order chi connectivity index (χ0) is 12.3. The highest BCUT2D eigenvalue weighted by molar-refractivity contribution is 5.91. The first-order valence-electron chi connectivity index (χ1n) is 5.21. The van der Waals surface area contributed by atoms with E-state index in [9.17, 15) is 4.79 Å². The molecule has 1 aromatic carbocycles. The standard InChI is InChI=1S/C12H13N3O2/c1-8-6-12(17-15-8)14-11(16)7-9-4-2-3-5-10(9)13/h2-6H,7,13H2,1H3,(H,14,16). The van der Waals surface area contributed by atoms with Crippen LogP contribution in [0.4, 0.5) is 11.6 Å². The molecule has 0 aliphatic heterocycles. The fourth-order valence-electron chi connectivity index (χ4n) is 1.47. The van der Waals surface area contributed by atoms with Gasteiger partial charge in [0.05, 0.1) is 12.1 Å². The molecule has 2 rings (SSSR count). The Kier molecular flexibility index (Phi) is 3.09. The maximum atomic E-state index is 11.7. The molecule has 0 atom stereocenters. The van der Waals surface area contributed by atoms with Crippen molar-refractivity contribution in [3.63, 3.8) is 0 Å². The van der Waals surface area contributed by atoms with E-state index in [1.165, 1.54) is 0 Å². The minimum absolute atomic E-state index is 0.181. The number of aryl methyl sites for hydroxylation is 1. The predicted octanol–water partition coefficient (Wildman–Crippen LogP) is 1.75. The Bertz CT molecular complexity index is 534. The first-order chi connectivity index (χ1) is 8.15. The summed E-state index contributed by atoms with van der Waals surface area (Å²) in [6.07, 6.45) is 0.215. The molecular weight excluding hydrogens is 218 g/mol. The quantitative estimate of drug-likeness (QED) is 0.788. The summed E-state index contributed by atoms with van der Waals surface area (Å²) in [6.45, 7) is 1.79. The average Bonchev–Trinajstić information content (AvgIpc) is 2.67. The van der Waals surface area contributed by atoms with Gasteiger partial charge in [-0.3, -0.25) is 10.1 Å². The van der Waals surface area contributed by atoms with Crippen molar-refractivity contribution in [3.8, 4) is 0 Å². The Hall–Kier alpha value is -2.30. The molecule has 5 nitrogen and oxygen atoms in total. The zero-order valence-corrected chi connectivity index (χ0v) is 9.43. The third-order valence-electron chi connectivity index (χ3n) is 2.30. The van der Waals surface area contributed by atoms with Gasteiger partial charge in [-0.05, 0) is 18.6 Å². The summed E-state index contributed by atoms with van der Waals surface area (Å²) in [6, 6.07) is 8.92. The molecule has 0 aliphatic rings. The van der Waals surface area contributed by atoms with Gasteiger partial charge in [0.15, 0.2) is 0 Å². The van der Waals surface area contributed by atoms with Gasteiger partial charge in [0.2, 0.25) is 11.8 Å². The SMILES string of the molecule is Cc1cc(NC(=O)Cc2ccccc2N)on1. The molecule has 3 N–H and O–H groups in total. The van der Waals surface area contributed by atoms with E-state index in [-0.39, 0.29) is 12.3 Å². The largest absolute Gasteiger partial charge is 0.398 e. The van der Waals surface area contributed by atoms with Gasteiger partial charge in [0.25, 0.3) is 0 Å². The molecule has 0 fully saturated rings. The molecule has 17 heavy (non-hydrogen) atoms. The first-order valence-corrected chi connectivity index (χ1v) is 5.21. The van der Waals surface area contributed by atoms with Crippen LogP contribution in [0.5, 0.6) is 0 Å². The number of benzene rings is 1. The Morgan fingerprint density at radius 1 is 1.47 bits per heavy atom. The third kappa shape index (κ3) is 2.84. The van der Waals surface area contributed by atoms with Crippen LogP contribution in [0.25, 0.3) is 0 Å². The summed E-state index contributed by atoms with van der Waals surface area (Å²) in [5.74, 6) is 0.168. The number of para-hydroxylation sites is 1. The zero-order valence-electron chi connectivity index (χ0n) is 9.43. The van der Waals surface area contributed by atoms with E-state index in [2.05, 4.69) is 10.5 Å². The van der Waals surface area contributed by atoms with Crippen molar-refractivity contribution in [1.29, 1.82) is 0 Å². The van der Waals surface area contributed by atoms with Gasteiger partial charge < -0.3 is 10.3 Å². The van der Waals surface area contributed by atoms with Crippen molar-refractivity contribution < 1.29 is 9.32 Å². The molecule has 5 heteroatoms. The van der Waals surface area contributed by atoms with Crippen LogP contribution in [0.15, 0.2) is 34.9 Å². The molecule has 0 unspecified atom stereocenters. The van der Waals surface area contributed by atoms with Crippen LogP contribution < -0.4 is 11.1 Å². The Morgan fingerprint density at radius 2 is 2.24 bits per heavy atom. The summed E-state index contributed by atoms with van der Waals surface area (Å²) >= 11 is 0. The minimum Gasteiger partial charge on any atom is -0.398 e. The molecule has 0 spiro atoms. The molecular formula is C12H13N3O2. The number of anilines is 2. The number of rotatable bonds is 3.